The Labute approximate surface area is 125 Å². The molecule has 0 amide bonds. The molecule has 7 nitrogen and oxygen atoms in total. The summed E-state index contributed by atoms with van der Waals surface area (Å²) in [5.41, 5.74) is 0.773. The Bertz CT molecular complexity index is 644. The summed E-state index contributed by atoms with van der Waals surface area (Å²) in [6, 6.07) is 5.36. The van der Waals surface area contributed by atoms with Crippen LogP contribution in [0.1, 0.15) is 6.92 Å². The fourth-order valence-corrected chi connectivity index (χ4v) is 2.28. The third-order valence-electron chi connectivity index (χ3n) is 2.75. The maximum absolute atomic E-state index is 10.8. The molecule has 0 aliphatic rings. The van der Waals surface area contributed by atoms with Crippen LogP contribution < -0.4 is 9.47 Å². The molecule has 8 heteroatoms. The number of hydrogen-bond donors (Lipinski definition) is 2. The van der Waals surface area contributed by atoms with Gasteiger partial charge < -0.3 is 14.6 Å². The molecule has 1 aromatic carbocycles. The summed E-state index contributed by atoms with van der Waals surface area (Å²) in [4.78, 5) is 15.1. The molecule has 0 aliphatic heterocycles. The van der Waals surface area contributed by atoms with E-state index >= 15 is 0 Å². The average Bonchev–Trinajstić information content (AvgIpc) is 2.94. The van der Waals surface area contributed by atoms with Gasteiger partial charge in [-0.2, -0.15) is 0 Å². The summed E-state index contributed by atoms with van der Waals surface area (Å²) in [5.74, 6) is 0.836. The SMILES string of the molecule is COc1ccc(-c2nc(S[C@H](C)C(=O)O)n[nH]2)cc1OC. The van der Waals surface area contributed by atoms with Crippen molar-refractivity contribution in [3.63, 3.8) is 0 Å². The molecule has 0 aliphatic carbocycles. The number of H-pyrrole nitrogens is 1. The monoisotopic (exact) mass is 309 g/mol. The van der Waals surface area contributed by atoms with Gasteiger partial charge in [0.2, 0.25) is 5.16 Å². The molecular weight excluding hydrogens is 294 g/mol. The van der Waals surface area contributed by atoms with Crippen LogP contribution in [0.25, 0.3) is 11.4 Å². The molecule has 112 valence electrons. The number of thioether (sulfide) groups is 1. The normalized spacial score (nSPS) is 12.0. The summed E-state index contributed by atoms with van der Waals surface area (Å²) >= 11 is 1.08. The Morgan fingerprint density at radius 1 is 1.33 bits per heavy atom. The second-order valence-electron chi connectivity index (χ2n) is 4.13. The predicted octanol–water partition coefficient (Wildman–Crippen LogP) is 2.05. The van der Waals surface area contributed by atoms with Gasteiger partial charge in [-0.3, -0.25) is 9.89 Å². The highest BCUT2D eigenvalue weighted by molar-refractivity contribution is 8.00. The standard InChI is InChI=1S/C13H15N3O4S/c1-7(12(17)18)21-13-14-11(15-16-13)8-4-5-9(19-2)10(6-8)20-3/h4-7H,1-3H3,(H,17,18)(H,14,15,16)/t7-/m1/s1. The highest BCUT2D eigenvalue weighted by Crippen LogP contribution is 2.31. The smallest absolute Gasteiger partial charge is 0.316 e. The molecule has 0 fully saturated rings. The first-order valence-corrected chi connectivity index (χ1v) is 6.97. The van der Waals surface area contributed by atoms with Crippen molar-refractivity contribution >= 4 is 17.7 Å². The van der Waals surface area contributed by atoms with Crippen molar-refractivity contribution in [2.24, 2.45) is 0 Å². The lowest BCUT2D eigenvalue weighted by Crippen LogP contribution is -2.11. The average molecular weight is 309 g/mol. The molecule has 2 aromatic rings. The molecule has 0 spiro atoms. The van der Waals surface area contributed by atoms with Crippen molar-refractivity contribution in [3.8, 4) is 22.9 Å². The Morgan fingerprint density at radius 3 is 2.67 bits per heavy atom. The lowest BCUT2D eigenvalue weighted by Gasteiger charge is -2.07. The minimum absolute atomic E-state index is 0.384. The Morgan fingerprint density at radius 2 is 2.05 bits per heavy atom. The number of carboxylic acid groups (broad SMARTS) is 1. The molecule has 2 N–H and O–H groups in total. The van der Waals surface area contributed by atoms with E-state index in [9.17, 15) is 4.79 Å². The van der Waals surface area contributed by atoms with Crippen LogP contribution in [0.2, 0.25) is 0 Å². The lowest BCUT2D eigenvalue weighted by atomic mass is 10.2. The first-order chi connectivity index (χ1) is 10.0. The van der Waals surface area contributed by atoms with Crippen molar-refractivity contribution in [1.82, 2.24) is 15.2 Å². The van der Waals surface area contributed by atoms with Crippen LogP contribution in [-0.4, -0.2) is 45.7 Å². The summed E-state index contributed by atoms with van der Waals surface area (Å²) in [6.45, 7) is 1.58. The van der Waals surface area contributed by atoms with Crippen LogP contribution in [0, 0.1) is 0 Å². The molecule has 2 rings (SSSR count). The van der Waals surface area contributed by atoms with Crippen LogP contribution in [-0.2, 0) is 4.79 Å². The minimum Gasteiger partial charge on any atom is -0.493 e. The molecule has 1 atom stereocenters. The van der Waals surface area contributed by atoms with Gasteiger partial charge in [-0.05, 0) is 25.1 Å². The number of nitrogens with zero attached hydrogens (tertiary/aromatic N) is 2. The second kappa shape index (κ2) is 6.49. The Balaban J connectivity index is 2.23. The van der Waals surface area contributed by atoms with E-state index < -0.39 is 11.2 Å². The Hall–Kier alpha value is -2.22. The number of aliphatic carboxylic acids is 1. The highest BCUT2D eigenvalue weighted by atomic mass is 32.2. The first-order valence-electron chi connectivity index (χ1n) is 6.09. The fourth-order valence-electron chi connectivity index (χ4n) is 1.62. The number of methoxy groups -OCH3 is 2. The molecule has 0 unspecified atom stereocenters. The van der Waals surface area contributed by atoms with Crippen LogP contribution in [0.3, 0.4) is 0 Å². The maximum atomic E-state index is 10.8. The van der Waals surface area contributed by atoms with Gasteiger partial charge in [0.1, 0.15) is 5.25 Å². The number of rotatable bonds is 6. The van der Waals surface area contributed by atoms with Gasteiger partial charge in [0.05, 0.1) is 14.2 Å². The van der Waals surface area contributed by atoms with Crippen molar-refractivity contribution < 1.29 is 19.4 Å². The zero-order valence-corrected chi connectivity index (χ0v) is 12.6. The van der Waals surface area contributed by atoms with Gasteiger partial charge in [0, 0.05) is 5.56 Å². The molecule has 1 aromatic heterocycles. The molecule has 0 bridgehead atoms. The van der Waals surface area contributed by atoms with E-state index in [4.69, 9.17) is 14.6 Å². The van der Waals surface area contributed by atoms with Crippen molar-refractivity contribution in [2.75, 3.05) is 14.2 Å². The van der Waals surface area contributed by atoms with Crippen LogP contribution in [0.4, 0.5) is 0 Å². The highest BCUT2D eigenvalue weighted by Gasteiger charge is 2.16. The number of carbonyl (C=O) groups is 1. The Kier molecular flexibility index (Phi) is 4.69. The van der Waals surface area contributed by atoms with Gasteiger partial charge in [0.25, 0.3) is 0 Å². The topological polar surface area (TPSA) is 97.3 Å². The predicted molar refractivity (Wildman–Crippen MR) is 77.9 cm³/mol. The molecule has 0 radical (unpaired) electrons. The summed E-state index contributed by atoms with van der Waals surface area (Å²) in [5, 5.41) is 15.4. The van der Waals surface area contributed by atoms with E-state index in [1.807, 2.05) is 6.07 Å². The quantitative estimate of drug-likeness (QED) is 0.788. The minimum atomic E-state index is -0.905. The summed E-state index contributed by atoms with van der Waals surface area (Å²) < 4.78 is 10.4. The van der Waals surface area contributed by atoms with Crippen molar-refractivity contribution in [3.05, 3.63) is 18.2 Å². The number of hydrogen-bond acceptors (Lipinski definition) is 6. The zero-order chi connectivity index (χ0) is 15.4. The second-order valence-corrected chi connectivity index (χ2v) is 5.44. The number of ether oxygens (including phenoxy) is 2. The summed E-state index contributed by atoms with van der Waals surface area (Å²) in [6.07, 6.45) is 0. The third-order valence-corrected chi connectivity index (χ3v) is 3.70. The number of aromatic amines is 1. The van der Waals surface area contributed by atoms with E-state index in [1.165, 1.54) is 0 Å². The molecule has 0 saturated carbocycles. The number of aromatic nitrogens is 3. The molecule has 21 heavy (non-hydrogen) atoms. The van der Waals surface area contributed by atoms with Gasteiger partial charge >= 0.3 is 5.97 Å². The molecular formula is C13H15N3O4S. The number of carboxylic acids is 1. The van der Waals surface area contributed by atoms with E-state index in [0.29, 0.717) is 22.5 Å². The number of benzene rings is 1. The van der Waals surface area contributed by atoms with Crippen molar-refractivity contribution in [1.29, 1.82) is 0 Å². The first kappa shape index (κ1) is 15.2. The van der Waals surface area contributed by atoms with Gasteiger partial charge in [-0.1, -0.05) is 11.8 Å². The summed E-state index contributed by atoms with van der Waals surface area (Å²) in [7, 11) is 3.12. The van der Waals surface area contributed by atoms with Gasteiger partial charge in [-0.15, -0.1) is 5.10 Å². The van der Waals surface area contributed by atoms with Gasteiger partial charge in [0.15, 0.2) is 17.3 Å². The molecule has 1 heterocycles. The largest absolute Gasteiger partial charge is 0.493 e. The van der Waals surface area contributed by atoms with E-state index in [2.05, 4.69) is 15.2 Å². The molecule has 0 saturated heterocycles. The number of nitrogens with one attached hydrogen (secondary N) is 1. The van der Waals surface area contributed by atoms with E-state index in [1.54, 1.807) is 33.3 Å². The van der Waals surface area contributed by atoms with Crippen molar-refractivity contribution in [2.45, 2.75) is 17.3 Å². The van der Waals surface area contributed by atoms with E-state index in [0.717, 1.165) is 17.3 Å². The van der Waals surface area contributed by atoms with Gasteiger partial charge in [-0.25, -0.2) is 4.98 Å². The lowest BCUT2D eigenvalue weighted by molar-refractivity contribution is -0.136. The van der Waals surface area contributed by atoms with Crippen LogP contribution >= 0.6 is 11.8 Å². The van der Waals surface area contributed by atoms with Crippen LogP contribution in [0.5, 0.6) is 11.5 Å². The van der Waals surface area contributed by atoms with E-state index in [-0.39, 0.29) is 0 Å². The zero-order valence-electron chi connectivity index (χ0n) is 11.8. The fraction of sp³-hybridized carbons (Fsp3) is 0.308. The van der Waals surface area contributed by atoms with Crippen LogP contribution in [0.15, 0.2) is 23.4 Å². The maximum Gasteiger partial charge on any atom is 0.316 e. The third kappa shape index (κ3) is 3.46.